The van der Waals surface area contributed by atoms with Gasteiger partial charge in [-0.1, -0.05) is 47.6 Å². The molecule has 162 valence electrons. The molecule has 0 unspecified atom stereocenters. The molecule has 4 aromatic rings. The minimum absolute atomic E-state index is 0.0966. The molecule has 4 rings (SSSR count). The van der Waals surface area contributed by atoms with Crippen LogP contribution in [0.15, 0.2) is 82.8 Å². The monoisotopic (exact) mass is 480 g/mol. The van der Waals surface area contributed by atoms with Crippen LogP contribution in [0.2, 0.25) is 5.02 Å². The summed E-state index contributed by atoms with van der Waals surface area (Å²) in [7, 11) is 0. The zero-order valence-corrected chi connectivity index (χ0v) is 20.0. The molecule has 32 heavy (non-hydrogen) atoms. The van der Waals surface area contributed by atoms with Gasteiger partial charge in [-0.3, -0.25) is 9.36 Å². The fourth-order valence-electron chi connectivity index (χ4n) is 3.21. The van der Waals surface area contributed by atoms with Gasteiger partial charge in [0.1, 0.15) is 0 Å². The van der Waals surface area contributed by atoms with Crippen LogP contribution < -0.4 is 5.32 Å². The van der Waals surface area contributed by atoms with Gasteiger partial charge in [-0.05, 0) is 67.3 Å². The Kier molecular flexibility index (Phi) is 7.19. The van der Waals surface area contributed by atoms with Gasteiger partial charge >= 0.3 is 0 Å². The SMILES string of the molecule is CSc1cccc(NC(=O)CSc2nnc(-c3ccc(Cl)cc3)n2-c2ccccc2C)c1. The van der Waals surface area contributed by atoms with Gasteiger partial charge < -0.3 is 5.32 Å². The molecule has 0 aliphatic rings. The van der Waals surface area contributed by atoms with Crippen molar-refractivity contribution in [1.29, 1.82) is 0 Å². The Labute approximate surface area is 200 Å². The van der Waals surface area contributed by atoms with Crippen LogP contribution in [0.25, 0.3) is 17.1 Å². The first-order valence-electron chi connectivity index (χ1n) is 9.89. The molecule has 0 spiro atoms. The number of para-hydroxylation sites is 1. The van der Waals surface area contributed by atoms with Crippen molar-refractivity contribution in [1.82, 2.24) is 14.8 Å². The molecular weight excluding hydrogens is 460 g/mol. The van der Waals surface area contributed by atoms with Gasteiger partial charge in [0.2, 0.25) is 5.91 Å². The predicted molar refractivity (Wildman–Crippen MR) is 134 cm³/mol. The number of hydrogen-bond acceptors (Lipinski definition) is 5. The molecule has 0 bridgehead atoms. The Bertz CT molecular complexity index is 1240. The van der Waals surface area contributed by atoms with E-state index >= 15 is 0 Å². The van der Waals surface area contributed by atoms with Crippen LogP contribution in [0.5, 0.6) is 0 Å². The Morgan fingerprint density at radius 2 is 1.81 bits per heavy atom. The Hall–Kier alpha value is -2.74. The van der Waals surface area contributed by atoms with Crippen molar-refractivity contribution in [2.75, 3.05) is 17.3 Å². The zero-order chi connectivity index (χ0) is 22.5. The number of aromatic nitrogens is 3. The lowest BCUT2D eigenvalue weighted by Gasteiger charge is -2.13. The van der Waals surface area contributed by atoms with Gasteiger partial charge in [0.25, 0.3) is 0 Å². The molecule has 0 aliphatic carbocycles. The van der Waals surface area contributed by atoms with Crippen molar-refractivity contribution in [3.8, 4) is 17.1 Å². The summed E-state index contributed by atoms with van der Waals surface area (Å²) < 4.78 is 1.99. The number of rotatable bonds is 7. The second-order valence-corrected chi connectivity index (χ2v) is 9.26. The quantitative estimate of drug-likeness (QED) is 0.312. The first-order chi connectivity index (χ1) is 15.5. The largest absolute Gasteiger partial charge is 0.325 e. The predicted octanol–water partition coefficient (Wildman–Crippen LogP) is 6.35. The number of carbonyl (C=O) groups excluding carboxylic acids is 1. The Morgan fingerprint density at radius 1 is 1.03 bits per heavy atom. The molecule has 8 heteroatoms. The summed E-state index contributed by atoms with van der Waals surface area (Å²) in [5, 5.41) is 13.1. The van der Waals surface area contributed by atoms with E-state index in [1.807, 2.05) is 90.5 Å². The summed E-state index contributed by atoms with van der Waals surface area (Å²) in [5.41, 5.74) is 3.74. The van der Waals surface area contributed by atoms with Crippen molar-refractivity contribution in [2.24, 2.45) is 0 Å². The van der Waals surface area contributed by atoms with Gasteiger partial charge in [0, 0.05) is 21.2 Å². The first-order valence-corrected chi connectivity index (χ1v) is 12.5. The number of nitrogens with one attached hydrogen (secondary N) is 1. The first kappa shape index (κ1) is 22.5. The topological polar surface area (TPSA) is 59.8 Å². The lowest BCUT2D eigenvalue weighted by molar-refractivity contribution is -0.113. The zero-order valence-electron chi connectivity index (χ0n) is 17.6. The number of halogens is 1. The van der Waals surface area contributed by atoms with Crippen LogP contribution in [0, 0.1) is 6.92 Å². The fourth-order valence-corrected chi connectivity index (χ4v) is 4.54. The molecule has 0 radical (unpaired) electrons. The third-order valence-electron chi connectivity index (χ3n) is 4.78. The lowest BCUT2D eigenvalue weighted by Crippen LogP contribution is -2.14. The van der Waals surface area contributed by atoms with Crippen LogP contribution in [0.4, 0.5) is 5.69 Å². The number of anilines is 1. The molecule has 5 nitrogen and oxygen atoms in total. The van der Waals surface area contributed by atoms with Gasteiger partial charge in [0.05, 0.1) is 11.4 Å². The molecule has 1 amide bonds. The molecule has 1 N–H and O–H groups in total. The van der Waals surface area contributed by atoms with E-state index in [1.54, 1.807) is 11.8 Å². The van der Waals surface area contributed by atoms with Crippen LogP contribution in [0.1, 0.15) is 5.56 Å². The van der Waals surface area contributed by atoms with Crippen molar-refractivity contribution in [3.63, 3.8) is 0 Å². The Balaban J connectivity index is 1.60. The van der Waals surface area contributed by atoms with Crippen molar-refractivity contribution in [3.05, 3.63) is 83.4 Å². The fraction of sp³-hybridized carbons (Fsp3) is 0.125. The molecule has 1 aromatic heterocycles. The Morgan fingerprint density at radius 3 is 2.56 bits per heavy atom. The van der Waals surface area contributed by atoms with E-state index in [4.69, 9.17) is 11.6 Å². The summed E-state index contributed by atoms with van der Waals surface area (Å²) in [4.78, 5) is 13.7. The van der Waals surface area contributed by atoms with Crippen molar-refractivity contribution >= 4 is 46.7 Å². The third-order valence-corrected chi connectivity index (χ3v) is 6.68. The normalized spacial score (nSPS) is 10.8. The maximum absolute atomic E-state index is 12.6. The van der Waals surface area contributed by atoms with Crippen LogP contribution in [-0.4, -0.2) is 32.7 Å². The smallest absolute Gasteiger partial charge is 0.234 e. The second kappa shape index (κ2) is 10.3. The van der Waals surface area contributed by atoms with Crippen LogP contribution in [-0.2, 0) is 4.79 Å². The molecule has 3 aromatic carbocycles. The summed E-state index contributed by atoms with van der Waals surface area (Å²) in [5.74, 6) is 0.820. The highest BCUT2D eigenvalue weighted by Gasteiger charge is 2.18. The van der Waals surface area contributed by atoms with Gasteiger partial charge in [0.15, 0.2) is 11.0 Å². The molecule has 0 fully saturated rings. The van der Waals surface area contributed by atoms with E-state index in [0.29, 0.717) is 16.0 Å². The molecule has 0 atom stereocenters. The molecule has 0 saturated carbocycles. The third kappa shape index (κ3) is 5.18. The number of nitrogens with zero attached hydrogens (tertiary/aromatic N) is 3. The summed E-state index contributed by atoms with van der Waals surface area (Å²) in [6, 6.07) is 23.3. The van der Waals surface area contributed by atoms with E-state index in [0.717, 1.165) is 27.4 Å². The highest BCUT2D eigenvalue weighted by molar-refractivity contribution is 7.99. The van der Waals surface area contributed by atoms with Crippen LogP contribution >= 0.6 is 35.1 Å². The second-order valence-electron chi connectivity index (χ2n) is 7.00. The standard InChI is InChI=1S/C24H21ClN4OS2/c1-16-6-3-4-9-21(16)29-23(17-10-12-18(25)13-11-17)27-28-24(29)32-15-22(30)26-19-7-5-8-20(14-19)31-2/h3-14H,15H2,1-2H3,(H,26,30). The van der Waals surface area contributed by atoms with E-state index in [2.05, 4.69) is 15.5 Å². The molecule has 1 heterocycles. The lowest BCUT2D eigenvalue weighted by atomic mass is 10.1. The van der Waals surface area contributed by atoms with E-state index in [-0.39, 0.29) is 11.7 Å². The maximum atomic E-state index is 12.6. The number of aryl methyl sites for hydroxylation is 1. The van der Waals surface area contributed by atoms with Crippen molar-refractivity contribution < 1.29 is 4.79 Å². The summed E-state index contributed by atoms with van der Waals surface area (Å²) in [6.45, 7) is 2.04. The van der Waals surface area contributed by atoms with Crippen LogP contribution in [0.3, 0.4) is 0 Å². The van der Waals surface area contributed by atoms with E-state index < -0.39 is 0 Å². The van der Waals surface area contributed by atoms with E-state index in [1.165, 1.54) is 11.8 Å². The number of hydrogen-bond donors (Lipinski definition) is 1. The average Bonchev–Trinajstić information content (AvgIpc) is 3.22. The van der Waals surface area contributed by atoms with Crippen molar-refractivity contribution in [2.45, 2.75) is 17.0 Å². The minimum Gasteiger partial charge on any atom is -0.325 e. The van der Waals surface area contributed by atoms with Gasteiger partial charge in [-0.2, -0.15) is 0 Å². The number of thioether (sulfide) groups is 2. The molecule has 0 aliphatic heterocycles. The van der Waals surface area contributed by atoms with E-state index in [9.17, 15) is 4.79 Å². The number of amides is 1. The molecular formula is C24H21ClN4OS2. The summed E-state index contributed by atoms with van der Waals surface area (Å²) in [6.07, 6.45) is 2.01. The van der Waals surface area contributed by atoms with Gasteiger partial charge in [-0.25, -0.2) is 0 Å². The van der Waals surface area contributed by atoms with Gasteiger partial charge in [-0.15, -0.1) is 22.0 Å². The number of benzene rings is 3. The highest BCUT2D eigenvalue weighted by Crippen LogP contribution is 2.30. The summed E-state index contributed by atoms with van der Waals surface area (Å²) >= 11 is 9.05. The molecule has 0 saturated heterocycles. The minimum atomic E-state index is -0.0966. The maximum Gasteiger partial charge on any atom is 0.234 e. The highest BCUT2D eigenvalue weighted by atomic mass is 35.5. The average molecular weight is 481 g/mol. The number of carbonyl (C=O) groups is 1.